The van der Waals surface area contributed by atoms with Gasteiger partial charge in [-0.05, 0) is 31.0 Å². The van der Waals surface area contributed by atoms with Gasteiger partial charge in [0, 0.05) is 18.2 Å². The number of carbonyl (C=O) groups is 1. The Morgan fingerprint density at radius 1 is 1.42 bits per heavy atom. The SMILES string of the molecule is CCc1ccc(N)cc1S(=O)(=O)NC(C)CC(N)=O. The van der Waals surface area contributed by atoms with Crippen molar-refractivity contribution in [3.8, 4) is 0 Å². The Hall–Kier alpha value is -1.60. The molecule has 0 aliphatic rings. The predicted molar refractivity (Wildman–Crippen MR) is 73.8 cm³/mol. The van der Waals surface area contributed by atoms with E-state index in [1.165, 1.54) is 6.07 Å². The van der Waals surface area contributed by atoms with Crippen LogP contribution in [0, 0.1) is 0 Å². The molecule has 5 N–H and O–H groups in total. The van der Waals surface area contributed by atoms with Crippen molar-refractivity contribution in [2.24, 2.45) is 5.73 Å². The number of carbonyl (C=O) groups excluding carboxylic acids is 1. The molecule has 0 bridgehead atoms. The number of hydrogen-bond acceptors (Lipinski definition) is 4. The van der Waals surface area contributed by atoms with Gasteiger partial charge in [-0.25, -0.2) is 13.1 Å². The Morgan fingerprint density at radius 2 is 2.05 bits per heavy atom. The Kier molecular flexibility index (Phi) is 4.90. The molecule has 7 heteroatoms. The first-order chi connectivity index (χ1) is 8.76. The van der Waals surface area contributed by atoms with Crippen LogP contribution in [0.1, 0.15) is 25.8 Å². The van der Waals surface area contributed by atoms with E-state index in [4.69, 9.17) is 11.5 Å². The van der Waals surface area contributed by atoms with Crippen molar-refractivity contribution in [1.82, 2.24) is 4.72 Å². The third kappa shape index (κ3) is 4.22. The monoisotopic (exact) mass is 285 g/mol. The van der Waals surface area contributed by atoms with Gasteiger partial charge >= 0.3 is 0 Å². The maximum Gasteiger partial charge on any atom is 0.241 e. The van der Waals surface area contributed by atoms with Gasteiger partial charge in [-0.15, -0.1) is 0 Å². The number of nitrogens with one attached hydrogen (secondary N) is 1. The molecule has 6 nitrogen and oxygen atoms in total. The van der Waals surface area contributed by atoms with E-state index in [2.05, 4.69) is 4.72 Å². The van der Waals surface area contributed by atoms with Gasteiger partial charge in [-0.1, -0.05) is 13.0 Å². The molecule has 1 atom stereocenters. The van der Waals surface area contributed by atoms with E-state index in [0.717, 1.165) is 0 Å². The molecule has 0 fully saturated rings. The topological polar surface area (TPSA) is 115 Å². The van der Waals surface area contributed by atoms with Crippen LogP contribution in [0.3, 0.4) is 0 Å². The molecule has 1 amide bonds. The van der Waals surface area contributed by atoms with Crippen LogP contribution in [0.5, 0.6) is 0 Å². The number of hydrogen-bond donors (Lipinski definition) is 3. The maximum atomic E-state index is 12.2. The molecule has 1 aromatic carbocycles. The van der Waals surface area contributed by atoms with Gasteiger partial charge < -0.3 is 11.5 Å². The van der Waals surface area contributed by atoms with Crippen molar-refractivity contribution in [3.63, 3.8) is 0 Å². The van der Waals surface area contributed by atoms with Crippen LogP contribution >= 0.6 is 0 Å². The summed E-state index contributed by atoms with van der Waals surface area (Å²) in [4.78, 5) is 10.9. The second kappa shape index (κ2) is 6.03. The van der Waals surface area contributed by atoms with Crippen LogP contribution in [0.15, 0.2) is 23.1 Å². The van der Waals surface area contributed by atoms with Crippen molar-refractivity contribution in [2.45, 2.75) is 37.6 Å². The van der Waals surface area contributed by atoms with Crippen molar-refractivity contribution in [3.05, 3.63) is 23.8 Å². The minimum atomic E-state index is -3.71. The highest BCUT2D eigenvalue weighted by atomic mass is 32.2. The van der Waals surface area contributed by atoms with E-state index in [9.17, 15) is 13.2 Å². The van der Waals surface area contributed by atoms with Gasteiger partial charge in [0.2, 0.25) is 15.9 Å². The summed E-state index contributed by atoms with van der Waals surface area (Å²) in [6, 6.07) is 4.19. The fraction of sp³-hybridized carbons (Fsp3) is 0.417. The largest absolute Gasteiger partial charge is 0.399 e. The smallest absolute Gasteiger partial charge is 0.241 e. The first-order valence-corrected chi connectivity index (χ1v) is 7.43. The van der Waals surface area contributed by atoms with Gasteiger partial charge in [0.25, 0.3) is 0 Å². The number of nitrogens with two attached hydrogens (primary N) is 2. The van der Waals surface area contributed by atoms with Crippen LogP contribution in [0.4, 0.5) is 5.69 Å². The number of anilines is 1. The highest BCUT2D eigenvalue weighted by Gasteiger charge is 2.21. The lowest BCUT2D eigenvalue weighted by molar-refractivity contribution is -0.118. The standard InChI is InChI=1S/C12H19N3O3S/c1-3-9-4-5-10(13)7-11(9)19(17,18)15-8(2)6-12(14)16/h4-5,7-8,15H,3,6,13H2,1-2H3,(H2,14,16). The lowest BCUT2D eigenvalue weighted by Crippen LogP contribution is -2.36. The van der Waals surface area contributed by atoms with Gasteiger partial charge in [0.1, 0.15) is 0 Å². The van der Waals surface area contributed by atoms with Gasteiger partial charge in [-0.3, -0.25) is 4.79 Å². The van der Waals surface area contributed by atoms with Crippen LogP contribution in [0.25, 0.3) is 0 Å². The van der Waals surface area contributed by atoms with E-state index < -0.39 is 22.0 Å². The summed E-state index contributed by atoms with van der Waals surface area (Å²) >= 11 is 0. The molecule has 106 valence electrons. The molecule has 0 saturated carbocycles. The number of amides is 1. The number of aryl methyl sites for hydroxylation is 1. The summed E-state index contributed by atoms with van der Waals surface area (Å²) in [5.41, 5.74) is 11.7. The minimum absolute atomic E-state index is 0.0526. The van der Waals surface area contributed by atoms with Crippen LogP contribution in [-0.2, 0) is 21.2 Å². The maximum absolute atomic E-state index is 12.2. The molecule has 0 saturated heterocycles. The summed E-state index contributed by atoms with van der Waals surface area (Å²) in [5, 5.41) is 0. The zero-order valence-corrected chi connectivity index (χ0v) is 11.8. The Morgan fingerprint density at radius 3 is 2.58 bits per heavy atom. The third-order valence-electron chi connectivity index (χ3n) is 2.63. The fourth-order valence-electron chi connectivity index (χ4n) is 1.79. The minimum Gasteiger partial charge on any atom is -0.399 e. The van der Waals surface area contributed by atoms with Gasteiger partial charge in [-0.2, -0.15) is 0 Å². The van der Waals surface area contributed by atoms with Crippen molar-refractivity contribution in [1.29, 1.82) is 0 Å². The van der Waals surface area contributed by atoms with E-state index in [0.29, 0.717) is 17.7 Å². The predicted octanol–water partition coefficient (Wildman–Crippen LogP) is 0.373. The molecule has 19 heavy (non-hydrogen) atoms. The average Bonchev–Trinajstić information content (AvgIpc) is 2.26. The van der Waals surface area contributed by atoms with Crippen LogP contribution in [-0.4, -0.2) is 20.4 Å². The Balaban J connectivity index is 3.06. The van der Waals surface area contributed by atoms with E-state index in [1.54, 1.807) is 19.1 Å². The number of rotatable bonds is 6. The normalized spacial score (nSPS) is 13.2. The van der Waals surface area contributed by atoms with Gasteiger partial charge in [0.15, 0.2) is 0 Å². The quantitative estimate of drug-likeness (QED) is 0.655. The number of nitrogen functional groups attached to an aromatic ring is 1. The first-order valence-electron chi connectivity index (χ1n) is 5.95. The second-order valence-electron chi connectivity index (χ2n) is 4.41. The fourth-order valence-corrected chi connectivity index (χ4v) is 3.37. The lowest BCUT2D eigenvalue weighted by Gasteiger charge is -2.15. The van der Waals surface area contributed by atoms with Crippen molar-refractivity contribution < 1.29 is 13.2 Å². The zero-order valence-electron chi connectivity index (χ0n) is 11.0. The summed E-state index contributed by atoms with van der Waals surface area (Å²) in [5.74, 6) is -0.557. The number of primary amides is 1. The molecule has 0 radical (unpaired) electrons. The molecule has 1 unspecified atom stereocenters. The lowest BCUT2D eigenvalue weighted by atomic mass is 10.1. The van der Waals surface area contributed by atoms with Crippen molar-refractivity contribution >= 4 is 21.6 Å². The molecule has 0 heterocycles. The molecule has 1 aromatic rings. The van der Waals surface area contributed by atoms with Crippen LogP contribution < -0.4 is 16.2 Å². The van der Waals surface area contributed by atoms with E-state index in [1.807, 2.05) is 6.92 Å². The molecular weight excluding hydrogens is 266 g/mol. The average molecular weight is 285 g/mol. The van der Waals surface area contributed by atoms with E-state index in [-0.39, 0.29) is 11.3 Å². The highest BCUT2D eigenvalue weighted by molar-refractivity contribution is 7.89. The molecule has 0 aliphatic carbocycles. The van der Waals surface area contributed by atoms with Gasteiger partial charge in [0.05, 0.1) is 4.90 Å². The van der Waals surface area contributed by atoms with Crippen LogP contribution in [0.2, 0.25) is 0 Å². The third-order valence-corrected chi connectivity index (χ3v) is 4.30. The second-order valence-corrected chi connectivity index (χ2v) is 6.10. The summed E-state index contributed by atoms with van der Waals surface area (Å²) in [6.07, 6.45) is 0.518. The molecule has 0 spiro atoms. The molecule has 1 rings (SSSR count). The summed E-state index contributed by atoms with van der Waals surface area (Å²) in [7, 11) is -3.71. The Bertz CT molecular complexity index is 570. The highest BCUT2D eigenvalue weighted by Crippen LogP contribution is 2.20. The van der Waals surface area contributed by atoms with E-state index >= 15 is 0 Å². The molecule has 0 aliphatic heterocycles. The Labute approximate surface area is 113 Å². The molecule has 0 aromatic heterocycles. The van der Waals surface area contributed by atoms with Crippen molar-refractivity contribution in [2.75, 3.05) is 5.73 Å². The zero-order chi connectivity index (χ0) is 14.6. The first kappa shape index (κ1) is 15.5. The summed E-state index contributed by atoms with van der Waals surface area (Å²) in [6.45, 7) is 3.44. The molecular formula is C12H19N3O3S. The number of sulfonamides is 1. The number of benzene rings is 1. The summed E-state index contributed by atoms with van der Waals surface area (Å²) < 4.78 is 26.9.